The Labute approximate surface area is 177 Å². The van der Waals surface area contributed by atoms with Crippen LogP contribution in [0.15, 0.2) is 30.6 Å². The molecule has 4 rings (SSSR count). The monoisotopic (exact) mass is 434 g/mol. The second-order valence-corrected chi connectivity index (χ2v) is 8.12. The molecule has 2 atom stereocenters. The number of benzene rings is 1. The van der Waals surface area contributed by atoms with Gasteiger partial charge in [0, 0.05) is 31.5 Å². The fraction of sp³-hybridized carbons (Fsp3) is 0.500. The van der Waals surface area contributed by atoms with Gasteiger partial charge in [0.1, 0.15) is 11.6 Å². The zero-order valence-corrected chi connectivity index (χ0v) is 16.8. The predicted octanol–water partition coefficient (Wildman–Crippen LogP) is 5.51. The van der Waals surface area contributed by atoms with Crippen molar-refractivity contribution in [1.82, 2.24) is 9.97 Å². The van der Waals surface area contributed by atoms with Crippen LogP contribution in [-0.2, 0) is 6.18 Å². The molecule has 1 saturated carbocycles. The lowest BCUT2D eigenvalue weighted by Crippen LogP contribution is -2.35. The average Bonchev–Trinajstić information content (AvgIpc) is 3.53. The van der Waals surface area contributed by atoms with Gasteiger partial charge >= 0.3 is 6.18 Å². The molecular weight excluding hydrogens is 412 g/mol. The number of halogens is 4. The normalized spacial score (nSPS) is 21.6. The first-order valence-corrected chi connectivity index (χ1v) is 10.3. The van der Waals surface area contributed by atoms with Gasteiger partial charge < -0.3 is 9.64 Å². The van der Waals surface area contributed by atoms with Crippen molar-refractivity contribution >= 4 is 11.6 Å². The molecule has 0 spiro atoms. The maximum absolute atomic E-state index is 13.6. The van der Waals surface area contributed by atoms with Crippen LogP contribution in [0.3, 0.4) is 0 Å². The molecular formula is C22H22F4N4O. The van der Waals surface area contributed by atoms with Gasteiger partial charge in [0.25, 0.3) is 0 Å². The Morgan fingerprint density at radius 3 is 2.48 bits per heavy atom. The highest BCUT2D eigenvalue weighted by molar-refractivity contribution is 5.48. The number of anilines is 1. The third-order valence-electron chi connectivity index (χ3n) is 6.17. The van der Waals surface area contributed by atoms with Crippen LogP contribution < -0.4 is 9.64 Å². The van der Waals surface area contributed by atoms with Crippen LogP contribution >= 0.6 is 0 Å². The third kappa shape index (κ3) is 5.06. The minimum absolute atomic E-state index is 0.0114. The van der Waals surface area contributed by atoms with Crippen LogP contribution in [0.4, 0.5) is 29.2 Å². The lowest BCUT2D eigenvalue weighted by Gasteiger charge is -2.32. The summed E-state index contributed by atoms with van der Waals surface area (Å²) in [7, 11) is 0. The van der Waals surface area contributed by atoms with E-state index < -0.39 is 17.6 Å². The van der Waals surface area contributed by atoms with E-state index in [1.807, 2.05) is 4.90 Å². The number of hydrogen-bond donors (Lipinski definition) is 0. The van der Waals surface area contributed by atoms with Gasteiger partial charge in [0.2, 0.25) is 11.6 Å². The largest absolute Gasteiger partial charge is 0.494 e. The maximum Gasteiger partial charge on any atom is 0.419 e. The SMILES string of the molecule is [C-]#[N+]c1ccc(OCC[C@@H]2C[C@@H]2C2CCN(c3ncc(C(F)(F)F)cn3)CC2)cc1F. The molecule has 1 saturated heterocycles. The van der Waals surface area contributed by atoms with Crippen molar-refractivity contribution in [2.45, 2.75) is 31.9 Å². The molecule has 31 heavy (non-hydrogen) atoms. The molecule has 2 heterocycles. The number of hydrogen-bond acceptors (Lipinski definition) is 4. The zero-order valence-electron chi connectivity index (χ0n) is 16.8. The smallest absolute Gasteiger partial charge is 0.419 e. The van der Waals surface area contributed by atoms with E-state index in [2.05, 4.69) is 14.8 Å². The van der Waals surface area contributed by atoms with E-state index in [-0.39, 0.29) is 5.69 Å². The summed E-state index contributed by atoms with van der Waals surface area (Å²) in [5.74, 6) is 2.04. The van der Waals surface area contributed by atoms with Crippen LogP contribution in [0, 0.1) is 30.1 Å². The molecule has 0 unspecified atom stereocenters. The number of alkyl halides is 3. The molecule has 1 aliphatic heterocycles. The van der Waals surface area contributed by atoms with E-state index in [0.29, 0.717) is 36.1 Å². The summed E-state index contributed by atoms with van der Waals surface area (Å²) in [5, 5.41) is 0. The molecule has 1 aliphatic carbocycles. The van der Waals surface area contributed by atoms with Gasteiger partial charge in [-0.3, -0.25) is 0 Å². The Morgan fingerprint density at radius 2 is 1.87 bits per heavy atom. The average molecular weight is 434 g/mol. The minimum Gasteiger partial charge on any atom is -0.494 e. The fourth-order valence-electron chi connectivity index (χ4n) is 4.34. The summed E-state index contributed by atoms with van der Waals surface area (Å²) in [4.78, 5) is 12.8. The Balaban J connectivity index is 1.19. The standard InChI is InChI=1S/C22H22F4N4O/c1-27-20-3-2-17(11-19(20)23)31-9-6-15-10-18(15)14-4-7-30(8-5-14)21-28-12-16(13-29-21)22(24,25)26/h2-3,11-15,18H,4-10H2/t15-,18-/m1/s1. The first-order chi connectivity index (χ1) is 14.8. The lowest BCUT2D eigenvalue weighted by molar-refractivity contribution is -0.138. The molecule has 0 N–H and O–H groups in total. The summed E-state index contributed by atoms with van der Waals surface area (Å²) >= 11 is 0. The molecule has 2 aliphatic rings. The number of piperidine rings is 1. The minimum atomic E-state index is -4.43. The third-order valence-corrected chi connectivity index (χ3v) is 6.17. The lowest BCUT2D eigenvalue weighted by atomic mass is 9.90. The van der Waals surface area contributed by atoms with Crippen molar-refractivity contribution in [2.75, 3.05) is 24.6 Å². The number of ether oxygens (including phenoxy) is 1. The van der Waals surface area contributed by atoms with Gasteiger partial charge in [-0.1, -0.05) is 0 Å². The molecule has 5 nitrogen and oxygen atoms in total. The van der Waals surface area contributed by atoms with Crippen molar-refractivity contribution in [3.63, 3.8) is 0 Å². The van der Waals surface area contributed by atoms with Crippen LogP contribution in [-0.4, -0.2) is 29.7 Å². The highest BCUT2D eigenvalue weighted by atomic mass is 19.4. The van der Waals surface area contributed by atoms with Crippen LogP contribution in [0.2, 0.25) is 0 Å². The molecule has 1 aromatic heterocycles. The second kappa shape index (κ2) is 8.69. The Hall–Kier alpha value is -2.89. The van der Waals surface area contributed by atoms with Gasteiger partial charge in [0.05, 0.1) is 18.7 Å². The number of aromatic nitrogens is 2. The van der Waals surface area contributed by atoms with Crippen LogP contribution in [0.1, 0.15) is 31.2 Å². The Kier molecular flexibility index (Phi) is 5.99. The highest BCUT2D eigenvalue weighted by Crippen LogP contribution is 2.50. The topological polar surface area (TPSA) is 42.6 Å². The summed E-state index contributed by atoms with van der Waals surface area (Å²) in [6, 6.07) is 4.28. The van der Waals surface area contributed by atoms with E-state index in [4.69, 9.17) is 11.3 Å². The molecule has 2 aromatic rings. The van der Waals surface area contributed by atoms with E-state index in [1.165, 1.54) is 12.1 Å². The van der Waals surface area contributed by atoms with Gasteiger partial charge in [-0.15, -0.1) is 0 Å². The van der Waals surface area contributed by atoms with Crippen LogP contribution in [0.5, 0.6) is 5.75 Å². The first kappa shape index (κ1) is 21.3. The fourth-order valence-corrected chi connectivity index (χ4v) is 4.34. The maximum atomic E-state index is 13.6. The van der Waals surface area contributed by atoms with Gasteiger partial charge in [-0.2, -0.15) is 13.2 Å². The summed E-state index contributed by atoms with van der Waals surface area (Å²) in [5.41, 5.74) is -0.845. The molecule has 1 aromatic carbocycles. The summed E-state index contributed by atoms with van der Waals surface area (Å²) < 4.78 is 57.2. The van der Waals surface area contributed by atoms with Crippen molar-refractivity contribution in [1.29, 1.82) is 0 Å². The van der Waals surface area contributed by atoms with Crippen molar-refractivity contribution in [3.05, 3.63) is 53.4 Å². The molecule has 0 radical (unpaired) electrons. The second-order valence-electron chi connectivity index (χ2n) is 8.12. The van der Waals surface area contributed by atoms with Crippen molar-refractivity contribution < 1.29 is 22.3 Å². The molecule has 0 amide bonds. The quantitative estimate of drug-likeness (QED) is 0.444. The van der Waals surface area contributed by atoms with Gasteiger partial charge in [-0.25, -0.2) is 19.2 Å². The molecule has 2 fully saturated rings. The number of nitrogens with zero attached hydrogens (tertiary/aromatic N) is 4. The molecule has 9 heteroatoms. The van der Waals surface area contributed by atoms with Gasteiger partial charge in [-0.05, 0) is 55.6 Å². The van der Waals surface area contributed by atoms with E-state index >= 15 is 0 Å². The Morgan fingerprint density at radius 1 is 1.16 bits per heavy atom. The summed E-state index contributed by atoms with van der Waals surface area (Å²) in [6.07, 6.45) is 1.24. The van der Waals surface area contributed by atoms with E-state index in [0.717, 1.165) is 51.2 Å². The van der Waals surface area contributed by atoms with E-state index in [1.54, 1.807) is 6.07 Å². The first-order valence-electron chi connectivity index (χ1n) is 10.3. The van der Waals surface area contributed by atoms with E-state index in [9.17, 15) is 17.6 Å². The highest BCUT2D eigenvalue weighted by Gasteiger charge is 2.43. The summed E-state index contributed by atoms with van der Waals surface area (Å²) in [6.45, 7) is 8.85. The predicted molar refractivity (Wildman–Crippen MR) is 106 cm³/mol. The molecule has 0 bridgehead atoms. The molecule has 164 valence electrons. The zero-order chi connectivity index (χ0) is 22.0. The van der Waals surface area contributed by atoms with Crippen molar-refractivity contribution in [2.24, 2.45) is 17.8 Å². The Bertz CT molecular complexity index is 949. The van der Waals surface area contributed by atoms with Crippen molar-refractivity contribution in [3.8, 4) is 5.75 Å². The number of rotatable bonds is 6. The van der Waals surface area contributed by atoms with Gasteiger partial charge in [0.15, 0.2) is 0 Å². The van der Waals surface area contributed by atoms with Crippen LogP contribution in [0.25, 0.3) is 4.85 Å².